The normalized spacial score (nSPS) is 20.1. The first-order valence-electron chi connectivity index (χ1n) is 12.8. The number of nitrogens with zero attached hydrogens (tertiary/aromatic N) is 2. The number of fused-ring (bicyclic) bond motifs is 4. The van der Waals surface area contributed by atoms with E-state index in [9.17, 15) is 0 Å². The van der Waals surface area contributed by atoms with Crippen LogP contribution >= 0.6 is 0 Å². The van der Waals surface area contributed by atoms with Gasteiger partial charge in [-0.1, -0.05) is 109 Å². The van der Waals surface area contributed by atoms with Crippen molar-refractivity contribution in [2.45, 2.75) is 12.5 Å². The van der Waals surface area contributed by atoms with Crippen molar-refractivity contribution in [2.24, 2.45) is 10.9 Å². The standard InChI is InChI=1S/C35H26N2/c1-35-32(19-18-30-29(20-21-36-34(30)35)25-11-4-2-5-12-25)31(26-13-6-3-7-14-26)23-33(37-35)28-17-16-24-10-8-9-15-27(24)22-28/h2-23,32H,1H3. The highest BCUT2D eigenvalue weighted by atomic mass is 14.9. The third kappa shape index (κ3) is 3.56. The number of aromatic nitrogens is 1. The molecule has 5 aromatic rings. The monoisotopic (exact) mass is 474 g/mol. The highest BCUT2D eigenvalue weighted by Crippen LogP contribution is 2.50. The molecule has 7 rings (SSSR count). The molecule has 1 aliphatic heterocycles. The van der Waals surface area contributed by atoms with E-state index in [1.54, 1.807) is 0 Å². The highest BCUT2D eigenvalue weighted by molar-refractivity contribution is 6.15. The van der Waals surface area contributed by atoms with Crippen LogP contribution in [0.4, 0.5) is 0 Å². The number of hydrogen-bond donors (Lipinski definition) is 0. The molecule has 2 aliphatic rings. The van der Waals surface area contributed by atoms with Gasteiger partial charge in [-0.15, -0.1) is 0 Å². The van der Waals surface area contributed by atoms with E-state index in [-0.39, 0.29) is 5.92 Å². The van der Waals surface area contributed by atoms with Gasteiger partial charge < -0.3 is 0 Å². The Bertz CT molecular complexity index is 1730. The van der Waals surface area contributed by atoms with E-state index in [1.807, 2.05) is 6.20 Å². The maximum absolute atomic E-state index is 5.49. The van der Waals surface area contributed by atoms with Gasteiger partial charge in [0.15, 0.2) is 0 Å². The summed E-state index contributed by atoms with van der Waals surface area (Å²) in [6.07, 6.45) is 8.80. The quantitative estimate of drug-likeness (QED) is 0.258. The molecule has 37 heavy (non-hydrogen) atoms. The van der Waals surface area contributed by atoms with E-state index in [0.717, 1.165) is 22.5 Å². The van der Waals surface area contributed by atoms with Crippen LogP contribution in [0.25, 0.3) is 33.5 Å². The lowest BCUT2D eigenvalue weighted by Crippen LogP contribution is -2.37. The summed E-state index contributed by atoms with van der Waals surface area (Å²) >= 11 is 0. The third-order valence-electron chi connectivity index (χ3n) is 7.75. The largest absolute Gasteiger partial charge is 0.271 e. The summed E-state index contributed by atoms with van der Waals surface area (Å²) in [6, 6.07) is 38.5. The summed E-state index contributed by atoms with van der Waals surface area (Å²) in [5.74, 6) is 0.0881. The Morgan fingerprint density at radius 2 is 1.38 bits per heavy atom. The van der Waals surface area contributed by atoms with Gasteiger partial charge in [-0.25, -0.2) is 0 Å². The minimum atomic E-state index is -0.532. The second kappa shape index (κ2) is 8.53. The maximum Gasteiger partial charge on any atom is 0.111 e. The number of rotatable bonds is 3. The van der Waals surface area contributed by atoms with Crippen LogP contribution in [0.5, 0.6) is 0 Å². The van der Waals surface area contributed by atoms with Crippen LogP contribution in [0.15, 0.2) is 133 Å². The predicted octanol–water partition coefficient (Wildman–Crippen LogP) is 8.35. The lowest BCUT2D eigenvalue weighted by atomic mass is 9.69. The number of pyridine rings is 1. The molecular weight excluding hydrogens is 448 g/mol. The van der Waals surface area contributed by atoms with Gasteiger partial charge in [0.25, 0.3) is 0 Å². The predicted molar refractivity (Wildman–Crippen MR) is 154 cm³/mol. The van der Waals surface area contributed by atoms with Crippen LogP contribution in [-0.2, 0) is 5.54 Å². The first-order valence-corrected chi connectivity index (χ1v) is 12.8. The van der Waals surface area contributed by atoms with Gasteiger partial charge >= 0.3 is 0 Å². The second-order valence-corrected chi connectivity index (χ2v) is 10.00. The Morgan fingerprint density at radius 1 is 0.676 bits per heavy atom. The molecule has 0 fully saturated rings. The molecule has 0 bridgehead atoms. The van der Waals surface area contributed by atoms with Gasteiger partial charge in [-0.05, 0) is 58.2 Å². The Hall–Kier alpha value is -4.56. The molecule has 0 radical (unpaired) electrons. The average molecular weight is 475 g/mol. The van der Waals surface area contributed by atoms with E-state index in [2.05, 4.69) is 134 Å². The second-order valence-electron chi connectivity index (χ2n) is 10.00. The number of benzene rings is 4. The zero-order valence-corrected chi connectivity index (χ0v) is 20.7. The number of aliphatic imine (C=N–C) groups is 1. The van der Waals surface area contributed by atoms with Crippen LogP contribution in [0.3, 0.4) is 0 Å². The van der Waals surface area contributed by atoms with E-state index in [1.165, 1.54) is 33.0 Å². The summed E-state index contributed by atoms with van der Waals surface area (Å²) in [5.41, 5.74) is 8.66. The maximum atomic E-state index is 5.49. The van der Waals surface area contributed by atoms with Crippen LogP contribution in [0.1, 0.15) is 29.3 Å². The molecule has 176 valence electrons. The fraction of sp³-hybridized carbons (Fsp3) is 0.0857. The van der Waals surface area contributed by atoms with Gasteiger partial charge in [-0.2, -0.15) is 0 Å². The van der Waals surface area contributed by atoms with Gasteiger partial charge in [0.05, 0.1) is 11.4 Å². The van der Waals surface area contributed by atoms with Crippen LogP contribution in [-0.4, -0.2) is 10.7 Å². The Kier molecular flexibility index (Phi) is 5.00. The average Bonchev–Trinajstić information content (AvgIpc) is 2.96. The molecule has 2 atom stereocenters. The highest BCUT2D eigenvalue weighted by Gasteiger charge is 2.44. The molecule has 0 saturated heterocycles. The molecule has 2 unspecified atom stereocenters. The Morgan fingerprint density at radius 3 is 2.16 bits per heavy atom. The summed E-state index contributed by atoms with van der Waals surface area (Å²) in [7, 11) is 0. The van der Waals surface area contributed by atoms with E-state index in [0.29, 0.717) is 0 Å². The van der Waals surface area contributed by atoms with Crippen molar-refractivity contribution in [1.82, 2.24) is 4.98 Å². The van der Waals surface area contributed by atoms with Crippen molar-refractivity contribution in [3.63, 3.8) is 0 Å². The number of hydrogen-bond acceptors (Lipinski definition) is 2. The molecule has 1 aliphatic carbocycles. The fourth-order valence-electron chi connectivity index (χ4n) is 5.88. The molecule has 2 heteroatoms. The summed E-state index contributed by atoms with van der Waals surface area (Å²) in [6.45, 7) is 2.25. The molecule has 0 saturated carbocycles. The molecule has 4 aromatic carbocycles. The zero-order chi connectivity index (χ0) is 24.8. The molecule has 2 nitrogen and oxygen atoms in total. The van der Waals surface area contributed by atoms with Gasteiger partial charge in [0.1, 0.15) is 5.54 Å². The van der Waals surface area contributed by atoms with E-state index < -0.39 is 5.54 Å². The van der Waals surface area contributed by atoms with Crippen molar-refractivity contribution in [3.8, 4) is 11.1 Å². The van der Waals surface area contributed by atoms with Gasteiger partial charge in [0.2, 0.25) is 0 Å². The van der Waals surface area contributed by atoms with Gasteiger partial charge in [-0.3, -0.25) is 9.98 Å². The Labute approximate surface area is 217 Å². The summed E-state index contributed by atoms with van der Waals surface area (Å²) in [4.78, 5) is 10.5. The number of dihydropyridines is 1. The minimum Gasteiger partial charge on any atom is -0.271 e. The summed E-state index contributed by atoms with van der Waals surface area (Å²) < 4.78 is 0. The molecule has 2 heterocycles. The van der Waals surface area contributed by atoms with Crippen molar-refractivity contribution in [2.75, 3.05) is 0 Å². The lowest BCUT2D eigenvalue weighted by Gasteiger charge is -2.41. The van der Waals surface area contributed by atoms with Crippen LogP contribution in [0.2, 0.25) is 0 Å². The molecular formula is C35H26N2. The number of allylic oxidation sites excluding steroid dienone is 1. The molecule has 0 amide bonds. The van der Waals surface area contributed by atoms with Crippen molar-refractivity contribution >= 4 is 28.1 Å². The third-order valence-corrected chi connectivity index (χ3v) is 7.75. The topological polar surface area (TPSA) is 25.2 Å². The summed E-state index contributed by atoms with van der Waals surface area (Å²) in [5, 5.41) is 2.46. The molecule has 1 aromatic heterocycles. The lowest BCUT2D eigenvalue weighted by molar-refractivity contribution is 0.411. The van der Waals surface area contributed by atoms with Crippen molar-refractivity contribution in [3.05, 3.63) is 150 Å². The first-order chi connectivity index (χ1) is 18.2. The smallest absolute Gasteiger partial charge is 0.111 e. The molecule has 0 spiro atoms. The van der Waals surface area contributed by atoms with Gasteiger partial charge in [0, 0.05) is 23.2 Å². The SMILES string of the molecule is CC12N=C(c3ccc4ccccc4c3)C=C(c3ccccc3)C1C=Cc1c(-c3ccccc3)ccnc12. The van der Waals surface area contributed by atoms with Crippen LogP contribution in [0, 0.1) is 5.92 Å². The first kappa shape index (κ1) is 21.7. The van der Waals surface area contributed by atoms with E-state index in [4.69, 9.17) is 9.98 Å². The zero-order valence-electron chi connectivity index (χ0n) is 20.7. The van der Waals surface area contributed by atoms with Crippen molar-refractivity contribution in [1.29, 1.82) is 0 Å². The fourth-order valence-corrected chi connectivity index (χ4v) is 5.88. The van der Waals surface area contributed by atoms with E-state index >= 15 is 0 Å². The van der Waals surface area contributed by atoms with Crippen LogP contribution < -0.4 is 0 Å². The Balaban J connectivity index is 1.46. The minimum absolute atomic E-state index is 0.0881. The van der Waals surface area contributed by atoms with Crippen molar-refractivity contribution < 1.29 is 0 Å². The molecule has 0 N–H and O–H groups in total.